The van der Waals surface area contributed by atoms with E-state index in [2.05, 4.69) is 10.3 Å². The van der Waals surface area contributed by atoms with Crippen LogP contribution in [0.4, 0.5) is 0 Å². The van der Waals surface area contributed by atoms with Crippen molar-refractivity contribution in [1.29, 1.82) is 0 Å². The van der Waals surface area contributed by atoms with Gasteiger partial charge in [0.2, 0.25) is 0 Å². The Hall–Kier alpha value is -4.14. The van der Waals surface area contributed by atoms with Crippen LogP contribution in [0, 0.1) is 6.92 Å². The Balaban J connectivity index is 1.41. The van der Waals surface area contributed by atoms with E-state index < -0.39 is 5.97 Å². The van der Waals surface area contributed by atoms with Crippen molar-refractivity contribution in [3.05, 3.63) is 105 Å². The van der Waals surface area contributed by atoms with Crippen LogP contribution < -0.4 is 4.74 Å². The summed E-state index contributed by atoms with van der Waals surface area (Å²) < 4.78 is 14.2. The number of benzene rings is 3. The van der Waals surface area contributed by atoms with Gasteiger partial charge in [-0.05, 0) is 61.0 Å². The maximum absolute atomic E-state index is 13.5. The molecule has 0 saturated heterocycles. The van der Waals surface area contributed by atoms with Gasteiger partial charge < -0.3 is 9.47 Å². The normalized spacial score (nSPS) is 11.1. The quantitative estimate of drug-likeness (QED) is 0.238. The molecule has 0 fully saturated rings. The molecule has 2 aromatic heterocycles. The minimum atomic E-state index is -0.482. The van der Waals surface area contributed by atoms with E-state index >= 15 is 0 Å². The van der Waals surface area contributed by atoms with Gasteiger partial charge in [0.1, 0.15) is 18.1 Å². The van der Waals surface area contributed by atoms with Crippen LogP contribution in [0.2, 0.25) is 10.0 Å². The molecule has 0 amide bonds. The third-order valence-corrected chi connectivity index (χ3v) is 6.75. The molecule has 0 radical (unpaired) electrons. The molecule has 3 aromatic carbocycles. The standard InChI is InChI=1S/C28H22Cl2N4O4/c1-17-21(14-26(35)38-16-20-15-33(32-31-20)23-7-4-3-6-22(23)30)27-24(8-5-9-25(27)37-2)34(17)28(36)18-10-12-19(29)13-11-18/h3-13,15H,14,16H2,1-2H3. The molecule has 5 rings (SSSR count). The number of methoxy groups -OCH3 is 1. The van der Waals surface area contributed by atoms with Crippen molar-refractivity contribution in [2.45, 2.75) is 20.0 Å². The molecule has 0 N–H and O–H groups in total. The predicted octanol–water partition coefficient (Wildman–Crippen LogP) is 5.82. The monoisotopic (exact) mass is 548 g/mol. The Labute approximate surface area is 228 Å². The third kappa shape index (κ3) is 4.88. The first-order valence-corrected chi connectivity index (χ1v) is 12.4. The molecule has 0 saturated carbocycles. The molecule has 0 aliphatic heterocycles. The van der Waals surface area contributed by atoms with E-state index in [-0.39, 0.29) is 18.9 Å². The van der Waals surface area contributed by atoms with Crippen LogP contribution in [0.15, 0.2) is 72.9 Å². The number of aromatic nitrogens is 4. The van der Waals surface area contributed by atoms with Crippen LogP contribution in [-0.2, 0) is 22.6 Å². The van der Waals surface area contributed by atoms with E-state index in [9.17, 15) is 9.59 Å². The SMILES string of the molecule is COc1cccc2c1c(CC(=O)OCc1cn(-c3ccccc3Cl)nn1)c(C)n2C(=O)c1ccc(Cl)cc1. The second-order valence-electron chi connectivity index (χ2n) is 8.51. The summed E-state index contributed by atoms with van der Waals surface area (Å²) >= 11 is 12.2. The lowest BCUT2D eigenvalue weighted by Crippen LogP contribution is -2.14. The van der Waals surface area contributed by atoms with Gasteiger partial charge >= 0.3 is 5.97 Å². The number of carbonyl (C=O) groups is 2. The van der Waals surface area contributed by atoms with Crippen LogP contribution in [0.1, 0.15) is 27.3 Å². The summed E-state index contributed by atoms with van der Waals surface area (Å²) in [6.45, 7) is 1.73. The number of fused-ring (bicyclic) bond motifs is 1. The minimum absolute atomic E-state index is 0.0672. The molecule has 0 bridgehead atoms. The first kappa shape index (κ1) is 25.5. The Morgan fingerprint density at radius 3 is 2.47 bits per heavy atom. The lowest BCUT2D eigenvalue weighted by atomic mass is 10.1. The second kappa shape index (κ2) is 10.7. The van der Waals surface area contributed by atoms with Crippen LogP contribution in [-0.4, -0.2) is 38.5 Å². The highest BCUT2D eigenvalue weighted by atomic mass is 35.5. The molecule has 0 aliphatic rings. The second-order valence-corrected chi connectivity index (χ2v) is 9.35. The number of hydrogen-bond acceptors (Lipinski definition) is 6. The van der Waals surface area contributed by atoms with Gasteiger partial charge in [0.05, 0.1) is 36.0 Å². The van der Waals surface area contributed by atoms with Crippen molar-refractivity contribution in [2.75, 3.05) is 7.11 Å². The van der Waals surface area contributed by atoms with E-state index in [1.807, 2.05) is 24.3 Å². The van der Waals surface area contributed by atoms with E-state index in [1.54, 1.807) is 67.3 Å². The van der Waals surface area contributed by atoms with E-state index in [0.717, 1.165) is 0 Å². The Kier molecular flexibility index (Phi) is 7.18. The molecular formula is C28H22Cl2N4O4. The number of para-hydroxylation sites is 1. The van der Waals surface area contributed by atoms with Crippen molar-refractivity contribution in [3.63, 3.8) is 0 Å². The molecule has 0 unspecified atom stereocenters. The summed E-state index contributed by atoms with van der Waals surface area (Å²) in [5.74, 6) is -0.170. The molecule has 38 heavy (non-hydrogen) atoms. The third-order valence-electron chi connectivity index (χ3n) is 6.18. The van der Waals surface area contributed by atoms with Crippen LogP contribution in [0.3, 0.4) is 0 Å². The average Bonchev–Trinajstić information content (AvgIpc) is 3.50. The fourth-order valence-electron chi connectivity index (χ4n) is 4.35. The molecule has 5 aromatic rings. The topological polar surface area (TPSA) is 88.2 Å². The van der Waals surface area contributed by atoms with Crippen LogP contribution in [0.5, 0.6) is 5.75 Å². The smallest absolute Gasteiger partial charge is 0.310 e. The number of rotatable bonds is 7. The number of carbonyl (C=O) groups excluding carboxylic acids is 2. The van der Waals surface area contributed by atoms with Gasteiger partial charge in [-0.2, -0.15) is 0 Å². The summed E-state index contributed by atoms with van der Waals surface area (Å²) in [6, 6.07) is 19.3. The minimum Gasteiger partial charge on any atom is -0.496 e. The largest absolute Gasteiger partial charge is 0.496 e. The summed E-state index contributed by atoms with van der Waals surface area (Å²) in [7, 11) is 1.55. The first-order valence-electron chi connectivity index (χ1n) is 11.7. The van der Waals surface area contributed by atoms with Gasteiger partial charge in [0.25, 0.3) is 5.91 Å². The molecule has 2 heterocycles. The zero-order valence-corrected chi connectivity index (χ0v) is 22.0. The zero-order valence-electron chi connectivity index (χ0n) is 20.5. The highest BCUT2D eigenvalue weighted by Crippen LogP contribution is 2.34. The predicted molar refractivity (Wildman–Crippen MR) is 144 cm³/mol. The van der Waals surface area contributed by atoms with Crippen molar-refractivity contribution in [2.24, 2.45) is 0 Å². The highest BCUT2D eigenvalue weighted by molar-refractivity contribution is 6.32. The van der Waals surface area contributed by atoms with Gasteiger partial charge in [-0.3, -0.25) is 14.2 Å². The Morgan fingerprint density at radius 1 is 0.974 bits per heavy atom. The van der Waals surface area contributed by atoms with E-state index in [1.165, 1.54) is 4.68 Å². The van der Waals surface area contributed by atoms with Gasteiger partial charge in [-0.1, -0.05) is 46.6 Å². The van der Waals surface area contributed by atoms with Gasteiger partial charge in [-0.15, -0.1) is 5.10 Å². The first-order chi connectivity index (χ1) is 18.4. The lowest BCUT2D eigenvalue weighted by molar-refractivity contribution is -0.144. The number of nitrogens with zero attached hydrogens (tertiary/aromatic N) is 4. The summed E-state index contributed by atoms with van der Waals surface area (Å²) in [4.78, 5) is 26.4. The summed E-state index contributed by atoms with van der Waals surface area (Å²) in [5.41, 5.74) is 3.49. The lowest BCUT2D eigenvalue weighted by Gasteiger charge is -2.08. The molecular weight excluding hydrogens is 527 g/mol. The Morgan fingerprint density at radius 2 is 1.74 bits per heavy atom. The molecule has 192 valence electrons. The maximum Gasteiger partial charge on any atom is 0.310 e. The summed E-state index contributed by atoms with van der Waals surface area (Å²) in [5, 5.41) is 9.88. The molecule has 0 atom stereocenters. The molecule has 0 spiro atoms. The summed E-state index contributed by atoms with van der Waals surface area (Å²) in [6.07, 6.45) is 1.59. The zero-order chi connectivity index (χ0) is 26.8. The molecule has 8 nitrogen and oxygen atoms in total. The number of halogens is 2. The van der Waals surface area contributed by atoms with Crippen molar-refractivity contribution in [3.8, 4) is 11.4 Å². The van der Waals surface area contributed by atoms with Crippen molar-refractivity contribution in [1.82, 2.24) is 19.6 Å². The fraction of sp³-hybridized carbons (Fsp3) is 0.143. The maximum atomic E-state index is 13.5. The highest BCUT2D eigenvalue weighted by Gasteiger charge is 2.24. The number of hydrogen-bond donors (Lipinski definition) is 0. The van der Waals surface area contributed by atoms with Gasteiger partial charge in [0.15, 0.2) is 0 Å². The van der Waals surface area contributed by atoms with E-state index in [0.29, 0.717) is 54.9 Å². The number of esters is 1. The van der Waals surface area contributed by atoms with Gasteiger partial charge in [-0.25, -0.2) is 4.68 Å². The van der Waals surface area contributed by atoms with Crippen LogP contribution in [0.25, 0.3) is 16.6 Å². The number of ether oxygens (including phenoxy) is 2. The van der Waals surface area contributed by atoms with Gasteiger partial charge in [0, 0.05) is 21.7 Å². The van der Waals surface area contributed by atoms with Crippen molar-refractivity contribution >= 4 is 46.0 Å². The van der Waals surface area contributed by atoms with E-state index in [4.69, 9.17) is 32.7 Å². The Bertz CT molecular complexity index is 1660. The van der Waals surface area contributed by atoms with Crippen molar-refractivity contribution < 1.29 is 19.1 Å². The average molecular weight is 549 g/mol. The molecule has 0 aliphatic carbocycles. The van der Waals surface area contributed by atoms with Crippen LogP contribution >= 0.6 is 23.2 Å². The molecule has 10 heteroatoms. The fourth-order valence-corrected chi connectivity index (χ4v) is 4.69.